The van der Waals surface area contributed by atoms with Gasteiger partial charge in [-0.3, -0.25) is 14.3 Å². The van der Waals surface area contributed by atoms with Crippen molar-refractivity contribution in [1.82, 2.24) is 10.2 Å². The summed E-state index contributed by atoms with van der Waals surface area (Å²) in [5.74, 6) is -0.694. The first kappa shape index (κ1) is 15.7. The molecule has 1 heterocycles. The Hall–Kier alpha value is -1.31. The molecule has 1 aliphatic rings. The maximum atomic E-state index is 12.0. The van der Waals surface area contributed by atoms with Crippen LogP contribution in [-0.2, 0) is 14.3 Å². The molecule has 0 bridgehead atoms. The number of hydrogen-bond acceptors (Lipinski definition) is 3. The number of nitrogens with zero attached hydrogens (tertiary/aromatic N) is 1. The molecule has 2 atom stereocenters. The molecule has 0 aliphatic carbocycles. The third-order valence-corrected chi connectivity index (χ3v) is 2.97. The average molecular weight is 282 g/mol. The van der Waals surface area contributed by atoms with Gasteiger partial charge >= 0.3 is 6.36 Å². The first-order chi connectivity index (χ1) is 8.80. The van der Waals surface area contributed by atoms with Crippen molar-refractivity contribution in [1.29, 1.82) is 0 Å². The van der Waals surface area contributed by atoms with E-state index in [1.54, 1.807) is 13.8 Å². The number of hydrogen-bond donors (Lipinski definition) is 1. The summed E-state index contributed by atoms with van der Waals surface area (Å²) in [5, 5.41) is 2.56. The van der Waals surface area contributed by atoms with Crippen LogP contribution in [0.5, 0.6) is 0 Å². The molecule has 19 heavy (non-hydrogen) atoms. The quantitative estimate of drug-likeness (QED) is 0.819. The van der Waals surface area contributed by atoms with Crippen molar-refractivity contribution in [2.24, 2.45) is 0 Å². The van der Waals surface area contributed by atoms with E-state index in [-0.39, 0.29) is 18.4 Å². The minimum Gasteiger partial charge on any atom is -0.343 e. The Bertz CT molecular complexity index is 347. The minimum atomic E-state index is -4.73. The van der Waals surface area contributed by atoms with Crippen LogP contribution in [0.4, 0.5) is 13.2 Å². The van der Waals surface area contributed by atoms with Gasteiger partial charge in [0.15, 0.2) is 0 Å². The van der Waals surface area contributed by atoms with Gasteiger partial charge in [-0.25, -0.2) is 0 Å². The number of halogens is 3. The van der Waals surface area contributed by atoms with E-state index in [0.717, 1.165) is 0 Å². The Morgan fingerprint density at radius 1 is 1.26 bits per heavy atom. The highest BCUT2D eigenvalue weighted by Gasteiger charge is 2.39. The third-order valence-electron chi connectivity index (χ3n) is 2.97. The van der Waals surface area contributed by atoms with Crippen molar-refractivity contribution < 1.29 is 27.5 Å². The van der Waals surface area contributed by atoms with Crippen LogP contribution in [-0.4, -0.2) is 48.3 Å². The normalized spacial score (nSPS) is 24.6. The number of rotatable bonds is 5. The highest BCUT2D eigenvalue weighted by molar-refractivity contribution is 5.96. The molecule has 5 nitrogen and oxygen atoms in total. The van der Waals surface area contributed by atoms with Crippen molar-refractivity contribution in [3.63, 3.8) is 0 Å². The van der Waals surface area contributed by atoms with Crippen LogP contribution < -0.4 is 5.32 Å². The monoisotopic (exact) mass is 282 g/mol. The fraction of sp³-hybridized carbons (Fsp3) is 0.818. The van der Waals surface area contributed by atoms with Crippen LogP contribution in [0.25, 0.3) is 0 Å². The van der Waals surface area contributed by atoms with Crippen molar-refractivity contribution in [3.8, 4) is 0 Å². The van der Waals surface area contributed by atoms with E-state index in [9.17, 15) is 22.8 Å². The zero-order valence-corrected chi connectivity index (χ0v) is 10.8. The smallest absolute Gasteiger partial charge is 0.343 e. The molecule has 0 spiro atoms. The van der Waals surface area contributed by atoms with E-state index in [0.29, 0.717) is 12.8 Å². The molecule has 110 valence electrons. The fourth-order valence-electron chi connectivity index (χ4n) is 2.03. The van der Waals surface area contributed by atoms with Crippen molar-refractivity contribution in [2.45, 2.75) is 45.1 Å². The lowest BCUT2D eigenvalue weighted by Crippen LogP contribution is -2.63. The van der Waals surface area contributed by atoms with E-state index in [2.05, 4.69) is 10.1 Å². The van der Waals surface area contributed by atoms with Crippen LogP contribution in [0.3, 0.4) is 0 Å². The highest BCUT2D eigenvalue weighted by atomic mass is 19.4. The molecule has 1 fully saturated rings. The van der Waals surface area contributed by atoms with Crippen molar-refractivity contribution in [3.05, 3.63) is 0 Å². The minimum absolute atomic E-state index is 0.249. The Kier molecular flexibility index (Phi) is 5.16. The van der Waals surface area contributed by atoms with Gasteiger partial charge in [0.2, 0.25) is 11.8 Å². The second kappa shape index (κ2) is 6.23. The van der Waals surface area contributed by atoms with Gasteiger partial charge in [0.1, 0.15) is 12.1 Å². The SMILES string of the molecule is CCC1NC(=O)C(CC)N(CCOC(F)(F)F)C1=O. The number of amides is 2. The van der Waals surface area contributed by atoms with Crippen LogP contribution in [0.2, 0.25) is 0 Å². The Morgan fingerprint density at radius 3 is 2.37 bits per heavy atom. The number of carbonyl (C=O) groups is 2. The number of piperazine rings is 1. The molecular weight excluding hydrogens is 265 g/mol. The van der Waals surface area contributed by atoms with E-state index >= 15 is 0 Å². The molecule has 1 aliphatic heterocycles. The van der Waals surface area contributed by atoms with Gasteiger partial charge in [0.25, 0.3) is 0 Å². The molecule has 0 aromatic carbocycles. The number of carbonyl (C=O) groups excluding carboxylic acids is 2. The number of alkyl halides is 3. The lowest BCUT2D eigenvalue weighted by molar-refractivity contribution is -0.325. The van der Waals surface area contributed by atoms with Gasteiger partial charge in [-0.1, -0.05) is 13.8 Å². The van der Waals surface area contributed by atoms with Gasteiger partial charge in [0.05, 0.1) is 6.61 Å². The van der Waals surface area contributed by atoms with Crippen molar-refractivity contribution >= 4 is 11.8 Å². The Balaban J connectivity index is 2.68. The maximum Gasteiger partial charge on any atom is 0.522 e. The molecule has 0 aromatic rings. The predicted octanol–water partition coefficient (Wildman–Crippen LogP) is 1.04. The molecule has 0 aromatic heterocycles. The maximum absolute atomic E-state index is 12.0. The van der Waals surface area contributed by atoms with Gasteiger partial charge in [-0.2, -0.15) is 0 Å². The largest absolute Gasteiger partial charge is 0.522 e. The van der Waals surface area contributed by atoms with Gasteiger partial charge in [-0.15, -0.1) is 13.2 Å². The molecule has 1 saturated heterocycles. The Morgan fingerprint density at radius 2 is 1.89 bits per heavy atom. The van der Waals surface area contributed by atoms with E-state index < -0.39 is 25.1 Å². The molecule has 1 N–H and O–H groups in total. The average Bonchev–Trinajstić information content (AvgIpc) is 2.31. The standard InChI is InChI=1S/C11H17F3N2O3/c1-3-7-10(18)16(5-6-19-11(12,13)14)8(4-2)9(17)15-7/h7-8H,3-6H2,1-2H3,(H,15,17). The molecule has 2 unspecified atom stereocenters. The van der Waals surface area contributed by atoms with Gasteiger partial charge in [-0.05, 0) is 12.8 Å². The highest BCUT2D eigenvalue weighted by Crippen LogP contribution is 2.18. The fourth-order valence-corrected chi connectivity index (χ4v) is 2.03. The molecule has 0 radical (unpaired) electrons. The first-order valence-electron chi connectivity index (χ1n) is 6.11. The molecule has 2 amide bonds. The van der Waals surface area contributed by atoms with Crippen LogP contribution in [0, 0.1) is 0 Å². The number of nitrogens with one attached hydrogen (secondary N) is 1. The van der Waals surface area contributed by atoms with E-state index in [1.165, 1.54) is 4.90 Å². The second-order valence-corrected chi connectivity index (χ2v) is 4.22. The lowest BCUT2D eigenvalue weighted by Gasteiger charge is -2.38. The zero-order valence-electron chi connectivity index (χ0n) is 10.8. The van der Waals surface area contributed by atoms with Gasteiger partial charge in [0, 0.05) is 6.54 Å². The summed E-state index contributed by atoms with van der Waals surface area (Å²) < 4.78 is 39.4. The van der Waals surface area contributed by atoms with Crippen LogP contribution in [0.15, 0.2) is 0 Å². The summed E-state index contributed by atoms with van der Waals surface area (Å²) in [5.41, 5.74) is 0. The lowest BCUT2D eigenvalue weighted by atomic mass is 10.0. The predicted molar refractivity (Wildman–Crippen MR) is 60.0 cm³/mol. The summed E-state index contributed by atoms with van der Waals surface area (Å²) in [6.07, 6.45) is -3.98. The zero-order chi connectivity index (χ0) is 14.6. The van der Waals surface area contributed by atoms with E-state index in [4.69, 9.17) is 0 Å². The summed E-state index contributed by atoms with van der Waals surface area (Å²) in [7, 11) is 0. The van der Waals surface area contributed by atoms with Crippen molar-refractivity contribution in [2.75, 3.05) is 13.2 Å². The summed E-state index contributed by atoms with van der Waals surface area (Å²) in [4.78, 5) is 24.9. The third kappa shape index (κ3) is 4.09. The molecular formula is C11H17F3N2O3. The summed E-state index contributed by atoms with van der Waals surface area (Å²) in [6, 6.07) is -1.40. The van der Waals surface area contributed by atoms with E-state index in [1.807, 2.05) is 0 Å². The first-order valence-corrected chi connectivity index (χ1v) is 6.11. The molecule has 8 heteroatoms. The number of ether oxygens (including phenoxy) is 1. The van der Waals surface area contributed by atoms with Crippen LogP contribution >= 0.6 is 0 Å². The molecule has 1 rings (SSSR count). The Labute approximate surface area is 109 Å². The van der Waals surface area contributed by atoms with Crippen LogP contribution in [0.1, 0.15) is 26.7 Å². The van der Waals surface area contributed by atoms with Gasteiger partial charge < -0.3 is 10.2 Å². The second-order valence-electron chi connectivity index (χ2n) is 4.22. The summed E-state index contributed by atoms with van der Waals surface area (Å²) >= 11 is 0. The summed E-state index contributed by atoms with van der Waals surface area (Å²) in [6.45, 7) is 2.50. The molecule has 0 saturated carbocycles. The topological polar surface area (TPSA) is 58.6 Å².